The molecule has 23 heavy (non-hydrogen) atoms. The molecule has 2 aliphatic carbocycles. The predicted molar refractivity (Wildman–Crippen MR) is 103 cm³/mol. The van der Waals surface area contributed by atoms with Gasteiger partial charge in [0.25, 0.3) is 0 Å². The number of rotatable bonds is 3. The zero-order chi connectivity index (χ0) is 15.9. The standard InChI is InChI=1S/C22H23P/c1-22(2,16-10-4-3-5-11-16)23-21-19-14-8-6-12-17(19)18-13-7-9-15-20(18)21/h4,6-15,21,23H,3,5H2,1-2H3. The molecule has 1 atom stereocenters. The molecule has 1 heteroatoms. The van der Waals surface area contributed by atoms with Gasteiger partial charge < -0.3 is 0 Å². The van der Waals surface area contributed by atoms with E-state index in [9.17, 15) is 0 Å². The van der Waals surface area contributed by atoms with Gasteiger partial charge in [0.15, 0.2) is 0 Å². The van der Waals surface area contributed by atoms with E-state index in [-0.39, 0.29) is 5.16 Å². The van der Waals surface area contributed by atoms with Crippen molar-refractivity contribution in [3.8, 4) is 11.1 Å². The van der Waals surface area contributed by atoms with E-state index in [1.54, 1.807) is 0 Å². The summed E-state index contributed by atoms with van der Waals surface area (Å²) < 4.78 is 0. The molecular formula is C22H23P. The lowest BCUT2D eigenvalue weighted by molar-refractivity contribution is 0.816. The highest BCUT2D eigenvalue weighted by atomic mass is 31.1. The molecule has 0 nitrogen and oxygen atoms in total. The topological polar surface area (TPSA) is 0 Å². The molecule has 0 saturated carbocycles. The number of hydrogen-bond donors (Lipinski definition) is 0. The van der Waals surface area contributed by atoms with Gasteiger partial charge in [0.1, 0.15) is 0 Å². The first-order chi connectivity index (χ1) is 11.2. The smallest absolute Gasteiger partial charge is 0.0283 e. The lowest BCUT2D eigenvalue weighted by atomic mass is 9.96. The Morgan fingerprint density at radius 1 is 0.870 bits per heavy atom. The summed E-state index contributed by atoms with van der Waals surface area (Å²) in [5.41, 5.74) is 7.95. The molecule has 0 saturated heterocycles. The van der Waals surface area contributed by atoms with Crippen molar-refractivity contribution in [3.63, 3.8) is 0 Å². The average Bonchev–Trinajstić information content (AvgIpc) is 2.90. The molecule has 116 valence electrons. The highest BCUT2D eigenvalue weighted by Gasteiger charge is 2.34. The Bertz CT molecular complexity index is 750. The molecule has 2 aromatic rings. The van der Waals surface area contributed by atoms with E-state index in [1.807, 2.05) is 0 Å². The molecule has 0 aliphatic heterocycles. The van der Waals surface area contributed by atoms with Crippen LogP contribution in [0, 0.1) is 0 Å². The normalized spacial score (nSPS) is 17.4. The summed E-state index contributed by atoms with van der Waals surface area (Å²) in [7, 11) is 0.858. The van der Waals surface area contributed by atoms with Gasteiger partial charge in [-0.2, -0.15) is 0 Å². The zero-order valence-electron chi connectivity index (χ0n) is 13.8. The van der Waals surface area contributed by atoms with Gasteiger partial charge >= 0.3 is 0 Å². The fraction of sp³-hybridized carbons (Fsp3) is 0.273. The lowest BCUT2D eigenvalue weighted by Crippen LogP contribution is -2.18. The molecule has 1 unspecified atom stereocenters. The van der Waals surface area contributed by atoms with Crippen LogP contribution in [0.15, 0.2) is 72.3 Å². The molecule has 0 spiro atoms. The largest absolute Gasteiger partial charge is 0.0991 e. The van der Waals surface area contributed by atoms with E-state index >= 15 is 0 Å². The Morgan fingerprint density at radius 2 is 1.48 bits per heavy atom. The Balaban J connectivity index is 1.74. The van der Waals surface area contributed by atoms with Gasteiger partial charge in [0, 0.05) is 10.8 Å². The molecule has 0 fully saturated rings. The summed E-state index contributed by atoms with van der Waals surface area (Å²) in [5, 5.41) is 0.228. The van der Waals surface area contributed by atoms with Crippen LogP contribution in [0.5, 0.6) is 0 Å². The zero-order valence-corrected chi connectivity index (χ0v) is 14.8. The number of allylic oxidation sites excluding steroid dienone is 4. The van der Waals surface area contributed by atoms with E-state index in [2.05, 4.69) is 80.6 Å². The van der Waals surface area contributed by atoms with Gasteiger partial charge in [-0.05, 0) is 40.7 Å². The van der Waals surface area contributed by atoms with Gasteiger partial charge in [-0.1, -0.05) is 89.2 Å². The number of benzene rings is 2. The summed E-state index contributed by atoms with van der Waals surface area (Å²) in [6, 6.07) is 17.9. The summed E-state index contributed by atoms with van der Waals surface area (Å²) >= 11 is 0. The van der Waals surface area contributed by atoms with Crippen molar-refractivity contribution in [2.45, 2.75) is 37.5 Å². The Hall–Kier alpha value is -1.65. The molecule has 0 heterocycles. The van der Waals surface area contributed by atoms with Crippen molar-refractivity contribution >= 4 is 8.58 Å². The highest BCUT2D eigenvalue weighted by molar-refractivity contribution is 7.41. The van der Waals surface area contributed by atoms with Gasteiger partial charge in [-0.25, -0.2) is 0 Å². The monoisotopic (exact) mass is 318 g/mol. The minimum atomic E-state index is 0.228. The lowest BCUT2D eigenvalue weighted by Gasteiger charge is -2.31. The first kappa shape index (κ1) is 14.9. The van der Waals surface area contributed by atoms with E-state index in [0.29, 0.717) is 5.66 Å². The fourth-order valence-corrected chi connectivity index (χ4v) is 5.72. The van der Waals surface area contributed by atoms with Crippen LogP contribution in [0.25, 0.3) is 11.1 Å². The molecule has 0 bridgehead atoms. The van der Waals surface area contributed by atoms with E-state index in [0.717, 1.165) is 8.58 Å². The summed E-state index contributed by atoms with van der Waals surface area (Å²) in [5.74, 6) is 0. The van der Waals surface area contributed by atoms with Gasteiger partial charge in [-0.3, -0.25) is 0 Å². The first-order valence-electron chi connectivity index (χ1n) is 8.50. The number of fused-ring (bicyclic) bond motifs is 3. The molecule has 0 aromatic heterocycles. The van der Waals surface area contributed by atoms with Crippen LogP contribution in [-0.4, -0.2) is 5.16 Å². The third kappa shape index (κ3) is 2.60. The van der Waals surface area contributed by atoms with Crippen LogP contribution in [0.4, 0.5) is 0 Å². The SMILES string of the molecule is CC(C)(PC1c2ccccc2-c2ccccc21)C1=CCCC=C1. The average molecular weight is 318 g/mol. The maximum atomic E-state index is 2.44. The second-order valence-electron chi connectivity index (χ2n) is 7.02. The molecule has 0 N–H and O–H groups in total. The second-order valence-corrected chi connectivity index (χ2v) is 9.13. The Morgan fingerprint density at radius 3 is 2.04 bits per heavy atom. The van der Waals surface area contributed by atoms with Crippen molar-refractivity contribution in [2.24, 2.45) is 0 Å². The van der Waals surface area contributed by atoms with Crippen LogP contribution in [0.1, 0.15) is 43.5 Å². The minimum Gasteiger partial charge on any atom is -0.0991 e. The highest BCUT2D eigenvalue weighted by Crippen LogP contribution is 2.58. The van der Waals surface area contributed by atoms with Crippen molar-refractivity contribution in [1.29, 1.82) is 0 Å². The summed E-state index contributed by atoms with van der Waals surface area (Å²) in [6.07, 6.45) is 9.51. The van der Waals surface area contributed by atoms with Crippen molar-refractivity contribution < 1.29 is 0 Å². The van der Waals surface area contributed by atoms with Gasteiger partial charge in [0.2, 0.25) is 0 Å². The summed E-state index contributed by atoms with van der Waals surface area (Å²) in [4.78, 5) is 0. The predicted octanol–water partition coefficient (Wildman–Crippen LogP) is 6.49. The number of hydrogen-bond acceptors (Lipinski definition) is 0. The van der Waals surface area contributed by atoms with Gasteiger partial charge in [-0.15, -0.1) is 0 Å². The van der Waals surface area contributed by atoms with Crippen LogP contribution >= 0.6 is 8.58 Å². The first-order valence-corrected chi connectivity index (χ1v) is 9.58. The second kappa shape index (κ2) is 5.77. The van der Waals surface area contributed by atoms with E-state index < -0.39 is 0 Å². The Labute approximate surface area is 141 Å². The van der Waals surface area contributed by atoms with Crippen molar-refractivity contribution in [3.05, 3.63) is 83.5 Å². The Kier molecular flexibility index (Phi) is 3.74. The molecule has 2 aromatic carbocycles. The maximum Gasteiger partial charge on any atom is 0.0283 e. The van der Waals surface area contributed by atoms with Crippen LogP contribution in [0.3, 0.4) is 0 Å². The van der Waals surface area contributed by atoms with E-state index in [1.165, 1.54) is 40.7 Å². The minimum absolute atomic E-state index is 0.228. The molecular weight excluding hydrogens is 295 g/mol. The third-order valence-corrected chi connectivity index (χ3v) is 6.98. The molecule has 0 radical (unpaired) electrons. The molecule has 2 aliphatic rings. The van der Waals surface area contributed by atoms with Crippen LogP contribution in [-0.2, 0) is 0 Å². The van der Waals surface area contributed by atoms with Crippen LogP contribution in [0.2, 0.25) is 0 Å². The fourth-order valence-electron chi connectivity index (χ4n) is 3.83. The molecule has 4 rings (SSSR count). The quantitative estimate of drug-likeness (QED) is 0.567. The van der Waals surface area contributed by atoms with Gasteiger partial charge in [0.05, 0.1) is 0 Å². The van der Waals surface area contributed by atoms with Crippen LogP contribution < -0.4 is 0 Å². The third-order valence-electron chi connectivity index (χ3n) is 5.06. The van der Waals surface area contributed by atoms with Crippen molar-refractivity contribution in [2.75, 3.05) is 0 Å². The van der Waals surface area contributed by atoms with E-state index in [4.69, 9.17) is 0 Å². The molecule has 0 amide bonds. The van der Waals surface area contributed by atoms with Crippen molar-refractivity contribution in [1.82, 2.24) is 0 Å². The summed E-state index contributed by atoms with van der Waals surface area (Å²) in [6.45, 7) is 4.83. The maximum absolute atomic E-state index is 2.44.